The van der Waals surface area contributed by atoms with Gasteiger partial charge in [0.25, 0.3) is 0 Å². The number of hydrogen-bond donors (Lipinski definition) is 0. The van der Waals surface area contributed by atoms with Crippen LogP contribution in [0.3, 0.4) is 0 Å². The van der Waals surface area contributed by atoms with E-state index in [0.29, 0.717) is 5.91 Å². The van der Waals surface area contributed by atoms with Gasteiger partial charge in [0.2, 0.25) is 5.91 Å². The molecule has 208 valence electrons. The van der Waals surface area contributed by atoms with Crippen molar-refractivity contribution >= 4 is 34.2 Å². The Morgan fingerprint density at radius 1 is 0.900 bits per heavy atom. The van der Waals surface area contributed by atoms with Crippen LogP contribution in [-0.4, -0.2) is 64.5 Å². The van der Waals surface area contributed by atoms with Crippen molar-refractivity contribution in [3.05, 3.63) is 94.3 Å². The van der Waals surface area contributed by atoms with E-state index >= 15 is 0 Å². The van der Waals surface area contributed by atoms with Crippen molar-refractivity contribution in [3.63, 3.8) is 0 Å². The molecule has 0 bridgehead atoms. The van der Waals surface area contributed by atoms with E-state index in [1.807, 2.05) is 18.2 Å². The first-order valence-electron chi connectivity index (χ1n) is 14.5. The molecule has 6 rings (SSSR count). The smallest absolute Gasteiger partial charge is 0.227 e. The molecule has 3 heterocycles. The normalized spacial score (nSPS) is 18.4. The molecule has 1 atom stereocenters. The lowest BCUT2D eigenvalue weighted by Gasteiger charge is -2.39. The van der Waals surface area contributed by atoms with E-state index in [1.165, 1.54) is 22.4 Å². The highest BCUT2D eigenvalue weighted by atomic mass is 35.5. The number of imidazole rings is 1. The van der Waals surface area contributed by atoms with Gasteiger partial charge in [0.1, 0.15) is 5.82 Å². The summed E-state index contributed by atoms with van der Waals surface area (Å²) in [6, 6.07) is 23.1. The third kappa shape index (κ3) is 5.74. The molecule has 0 spiro atoms. The molecule has 6 nitrogen and oxygen atoms in total. The van der Waals surface area contributed by atoms with Gasteiger partial charge in [-0.05, 0) is 86.3 Å². The number of piperidine rings is 1. The molecule has 4 aromatic rings. The van der Waals surface area contributed by atoms with Gasteiger partial charge >= 0.3 is 0 Å². The van der Waals surface area contributed by atoms with Crippen molar-refractivity contribution in [3.8, 4) is 0 Å². The number of carbonyl (C=O) groups excluding carboxylic acids is 1. The van der Waals surface area contributed by atoms with Gasteiger partial charge in [0.05, 0.1) is 23.5 Å². The van der Waals surface area contributed by atoms with Crippen molar-refractivity contribution in [1.82, 2.24) is 19.4 Å². The van der Waals surface area contributed by atoms with E-state index in [9.17, 15) is 4.79 Å². The molecule has 2 fully saturated rings. The predicted molar refractivity (Wildman–Crippen MR) is 163 cm³/mol. The number of nitrogens with zero attached hydrogens (tertiary/aromatic N) is 5. The number of likely N-dealkylation sites (tertiary alicyclic amines) is 1. The molecule has 2 aliphatic rings. The maximum atomic E-state index is 13.6. The number of benzene rings is 3. The van der Waals surface area contributed by atoms with Gasteiger partial charge in [-0.2, -0.15) is 0 Å². The molecule has 0 unspecified atom stereocenters. The van der Waals surface area contributed by atoms with Crippen molar-refractivity contribution in [1.29, 1.82) is 0 Å². The highest BCUT2D eigenvalue weighted by Crippen LogP contribution is 2.26. The fraction of sp³-hybridized carbons (Fsp3) is 0.394. The Bertz CT molecular complexity index is 1490. The van der Waals surface area contributed by atoms with Gasteiger partial charge in [-0.15, -0.1) is 0 Å². The fourth-order valence-corrected chi connectivity index (χ4v) is 6.29. The Hall–Kier alpha value is -3.35. The van der Waals surface area contributed by atoms with Crippen LogP contribution in [0.1, 0.15) is 35.4 Å². The van der Waals surface area contributed by atoms with Gasteiger partial charge in [-0.3, -0.25) is 9.69 Å². The lowest BCUT2D eigenvalue weighted by molar-refractivity contribution is -0.137. The predicted octanol–water partition coefficient (Wildman–Crippen LogP) is 5.92. The first-order valence-corrected chi connectivity index (χ1v) is 14.8. The van der Waals surface area contributed by atoms with Crippen molar-refractivity contribution in [2.24, 2.45) is 5.92 Å². The van der Waals surface area contributed by atoms with Gasteiger partial charge in [-0.25, -0.2) is 4.98 Å². The minimum atomic E-state index is 0.0519. The minimum Gasteiger partial charge on any atom is -0.368 e. The number of amides is 1. The topological polar surface area (TPSA) is 44.6 Å². The third-order valence-electron chi connectivity index (χ3n) is 8.65. The maximum Gasteiger partial charge on any atom is 0.227 e. The first-order chi connectivity index (χ1) is 19.4. The summed E-state index contributed by atoms with van der Waals surface area (Å²) in [6.45, 7) is 10.9. The number of anilines is 1. The number of piperazine rings is 1. The largest absolute Gasteiger partial charge is 0.368 e. The van der Waals surface area contributed by atoms with Gasteiger partial charge in [0, 0.05) is 50.0 Å². The Morgan fingerprint density at radius 3 is 2.45 bits per heavy atom. The quantitative estimate of drug-likeness (QED) is 0.296. The summed E-state index contributed by atoms with van der Waals surface area (Å²) in [5.41, 5.74) is 7.25. The lowest BCUT2D eigenvalue weighted by Crippen LogP contribution is -2.52. The molecule has 7 heteroatoms. The fourth-order valence-electron chi connectivity index (χ4n) is 6.16. The zero-order valence-corrected chi connectivity index (χ0v) is 24.3. The summed E-state index contributed by atoms with van der Waals surface area (Å²) in [5, 5.41) is 0.746. The SMILES string of the molecule is Cc1ccc(N2CCN(C(=O)[C@@H]3CCCN(Cc4nc5ccccc5n4Cc4ccc(Cl)cc4)C3)CC2)cc1C. The number of fused-ring (bicyclic) bond motifs is 1. The highest BCUT2D eigenvalue weighted by Gasteiger charge is 2.31. The monoisotopic (exact) mass is 555 g/mol. The maximum absolute atomic E-state index is 13.6. The molecule has 2 aliphatic heterocycles. The zero-order valence-electron chi connectivity index (χ0n) is 23.5. The van der Waals surface area contributed by atoms with Crippen LogP contribution in [0.5, 0.6) is 0 Å². The summed E-state index contributed by atoms with van der Waals surface area (Å²) < 4.78 is 2.32. The van der Waals surface area contributed by atoms with E-state index in [0.717, 1.165) is 87.1 Å². The molecule has 0 N–H and O–H groups in total. The van der Waals surface area contributed by atoms with Crippen LogP contribution in [0.15, 0.2) is 66.7 Å². The number of aryl methyl sites for hydroxylation is 2. The number of carbonyl (C=O) groups is 1. The van der Waals surface area contributed by atoms with Crippen LogP contribution >= 0.6 is 11.6 Å². The number of halogens is 1. The molecule has 1 amide bonds. The Morgan fingerprint density at radius 2 is 1.68 bits per heavy atom. The third-order valence-corrected chi connectivity index (χ3v) is 8.91. The second-order valence-corrected chi connectivity index (χ2v) is 11.8. The molecule has 0 radical (unpaired) electrons. The summed E-state index contributed by atoms with van der Waals surface area (Å²) in [6.07, 6.45) is 2.00. The van der Waals surface area contributed by atoms with Crippen LogP contribution < -0.4 is 4.90 Å². The second kappa shape index (κ2) is 11.6. The van der Waals surface area contributed by atoms with E-state index in [4.69, 9.17) is 16.6 Å². The van der Waals surface area contributed by atoms with Gasteiger partial charge in [-0.1, -0.05) is 41.9 Å². The molecule has 0 saturated carbocycles. The van der Waals surface area contributed by atoms with Crippen molar-refractivity contribution in [2.45, 2.75) is 39.8 Å². The Kier molecular flexibility index (Phi) is 7.81. The van der Waals surface area contributed by atoms with Crippen LogP contribution in [0.2, 0.25) is 5.02 Å². The van der Waals surface area contributed by atoms with Crippen LogP contribution in [0.25, 0.3) is 11.0 Å². The molecule has 2 saturated heterocycles. The molecular weight excluding hydrogens is 518 g/mol. The molecular formula is C33H38ClN5O. The van der Waals surface area contributed by atoms with Gasteiger partial charge < -0.3 is 14.4 Å². The first kappa shape index (κ1) is 26.9. The number of hydrogen-bond acceptors (Lipinski definition) is 4. The molecule has 40 heavy (non-hydrogen) atoms. The molecule has 3 aromatic carbocycles. The number of aromatic nitrogens is 2. The standard InChI is InChI=1S/C33H38ClN5O/c1-24-9-14-29(20-25(24)2)37-16-18-38(19-17-37)33(40)27-6-5-15-36(22-27)23-32-35-30-7-3-4-8-31(30)39(32)21-26-10-12-28(34)13-11-26/h3-4,7-14,20,27H,5-6,15-19,21-23H2,1-2H3/t27-/m1/s1. The van der Waals surface area contributed by atoms with Crippen LogP contribution in [0, 0.1) is 19.8 Å². The molecule has 1 aromatic heterocycles. The summed E-state index contributed by atoms with van der Waals surface area (Å²) in [5.74, 6) is 1.42. The van der Waals surface area contributed by atoms with E-state index < -0.39 is 0 Å². The molecule has 0 aliphatic carbocycles. The van der Waals surface area contributed by atoms with Crippen LogP contribution in [-0.2, 0) is 17.9 Å². The number of para-hydroxylation sites is 2. The van der Waals surface area contributed by atoms with E-state index in [2.05, 4.69) is 81.6 Å². The van der Waals surface area contributed by atoms with Gasteiger partial charge in [0.15, 0.2) is 0 Å². The average Bonchev–Trinajstić information content (AvgIpc) is 3.32. The van der Waals surface area contributed by atoms with Crippen molar-refractivity contribution < 1.29 is 4.79 Å². The average molecular weight is 556 g/mol. The summed E-state index contributed by atoms with van der Waals surface area (Å²) in [7, 11) is 0. The van der Waals surface area contributed by atoms with Crippen LogP contribution in [0.4, 0.5) is 5.69 Å². The zero-order chi connectivity index (χ0) is 27.6. The lowest BCUT2D eigenvalue weighted by atomic mass is 9.96. The summed E-state index contributed by atoms with van der Waals surface area (Å²) in [4.78, 5) is 25.6. The summed E-state index contributed by atoms with van der Waals surface area (Å²) >= 11 is 6.13. The minimum absolute atomic E-state index is 0.0519. The Balaban J connectivity index is 1.11. The Labute approximate surface area is 242 Å². The second-order valence-electron chi connectivity index (χ2n) is 11.4. The van der Waals surface area contributed by atoms with E-state index in [-0.39, 0.29) is 5.92 Å². The van der Waals surface area contributed by atoms with E-state index in [1.54, 1.807) is 0 Å². The van der Waals surface area contributed by atoms with Crippen molar-refractivity contribution in [2.75, 3.05) is 44.2 Å². The number of rotatable bonds is 6. The highest BCUT2D eigenvalue weighted by molar-refractivity contribution is 6.30.